The molecule has 36 heavy (non-hydrogen) atoms. The number of methoxy groups -OCH3 is 1. The van der Waals surface area contributed by atoms with Crippen LogP contribution in [0.4, 0.5) is 0 Å². The third-order valence-electron chi connectivity index (χ3n) is 7.06. The molecular weight excluding hydrogens is 518 g/mol. The van der Waals surface area contributed by atoms with Crippen molar-refractivity contribution >= 4 is 27.7 Å². The van der Waals surface area contributed by atoms with Gasteiger partial charge >= 0.3 is 0 Å². The van der Waals surface area contributed by atoms with Crippen molar-refractivity contribution in [2.75, 3.05) is 26.8 Å². The van der Waals surface area contributed by atoms with Crippen molar-refractivity contribution < 1.29 is 14.3 Å². The lowest BCUT2D eigenvalue weighted by atomic mass is 9.94. The number of carbonyl (C=O) groups is 2. The van der Waals surface area contributed by atoms with Crippen LogP contribution in [0.15, 0.2) is 47.1 Å². The SMILES string of the molecule is CCCCC(=O)N(CCCOC)CC(=O)N(Cc1cccn1Cc1ccc(Br)cc1)C1CCCCC1. The molecular formula is C29H42BrN3O3. The fourth-order valence-electron chi connectivity index (χ4n) is 4.95. The molecule has 0 atom stereocenters. The Balaban J connectivity index is 1.75. The van der Waals surface area contributed by atoms with Crippen molar-refractivity contribution in [2.45, 2.75) is 83.8 Å². The second-order valence-corrected chi connectivity index (χ2v) is 10.7. The van der Waals surface area contributed by atoms with E-state index in [1.165, 1.54) is 12.0 Å². The molecule has 0 unspecified atom stereocenters. The second-order valence-electron chi connectivity index (χ2n) is 9.83. The molecule has 0 saturated heterocycles. The topological polar surface area (TPSA) is 54.8 Å². The molecule has 1 heterocycles. The van der Waals surface area contributed by atoms with Crippen molar-refractivity contribution in [1.82, 2.24) is 14.4 Å². The maximum absolute atomic E-state index is 13.8. The molecule has 1 aliphatic rings. The summed E-state index contributed by atoms with van der Waals surface area (Å²) in [6.07, 6.45) is 10.8. The summed E-state index contributed by atoms with van der Waals surface area (Å²) in [5.74, 6) is 0.129. The highest BCUT2D eigenvalue weighted by molar-refractivity contribution is 9.10. The van der Waals surface area contributed by atoms with Gasteiger partial charge in [0.1, 0.15) is 0 Å². The Bertz CT molecular complexity index is 937. The maximum Gasteiger partial charge on any atom is 0.242 e. The average Bonchev–Trinajstić information content (AvgIpc) is 3.33. The summed E-state index contributed by atoms with van der Waals surface area (Å²) >= 11 is 3.51. The van der Waals surface area contributed by atoms with Crippen LogP contribution in [0.25, 0.3) is 0 Å². The zero-order valence-electron chi connectivity index (χ0n) is 22.0. The van der Waals surface area contributed by atoms with Crippen LogP contribution in [-0.4, -0.2) is 59.0 Å². The third-order valence-corrected chi connectivity index (χ3v) is 7.59. The third kappa shape index (κ3) is 8.77. The van der Waals surface area contributed by atoms with Gasteiger partial charge in [0.2, 0.25) is 11.8 Å². The lowest BCUT2D eigenvalue weighted by Gasteiger charge is -2.36. The van der Waals surface area contributed by atoms with E-state index in [0.29, 0.717) is 26.1 Å². The lowest BCUT2D eigenvalue weighted by molar-refractivity contribution is -0.143. The molecule has 0 aliphatic heterocycles. The Morgan fingerprint density at radius 2 is 1.81 bits per heavy atom. The minimum absolute atomic E-state index is 0.0561. The molecule has 1 saturated carbocycles. The number of nitrogens with zero attached hydrogens (tertiary/aromatic N) is 3. The highest BCUT2D eigenvalue weighted by Gasteiger charge is 2.28. The number of benzene rings is 1. The zero-order chi connectivity index (χ0) is 25.8. The summed E-state index contributed by atoms with van der Waals surface area (Å²) in [6.45, 7) is 4.71. The normalized spacial score (nSPS) is 14.1. The van der Waals surface area contributed by atoms with Crippen LogP contribution < -0.4 is 0 Å². The van der Waals surface area contributed by atoms with Gasteiger partial charge in [0.05, 0.1) is 13.1 Å². The molecule has 0 N–H and O–H groups in total. The Hall–Kier alpha value is -2.12. The van der Waals surface area contributed by atoms with Gasteiger partial charge in [-0.25, -0.2) is 0 Å². The minimum Gasteiger partial charge on any atom is -0.385 e. The van der Waals surface area contributed by atoms with Gasteiger partial charge in [-0.15, -0.1) is 0 Å². The summed E-state index contributed by atoms with van der Waals surface area (Å²) in [5, 5.41) is 0. The summed E-state index contributed by atoms with van der Waals surface area (Å²) < 4.78 is 8.50. The van der Waals surface area contributed by atoms with Crippen LogP contribution >= 0.6 is 15.9 Å². The quantitative estimate of drug-likeness (QED) is 0.266. The summed E-state index contributed by atoms with van der Waals surface area (Å²) in [4.78, 5) is 30.5. The average molecular weight is 561 g/mol. The van der Waals surface area contributed by atoms with Crippen molar-refractivity contribution in [2.24, 2.45) is 0 Å². The first-order chi connectivity index (χ1) is 17.5. The first-order valence-electron chi connectivity index (χ1n) is 13.5. The first-order valence-corrected chi connectivity index (χ1v) is 14.3. The molecule has 0 radical (unpaired) electrons. The largest absolute Gasteiger partial charge is 0.385 e. The molecule has 6 nitrogen and oxygen atoms in total. The highest BCUT2D eigenvalue weighted by Crippen LogP contribution is 2.25. The fourth-order valence-corrected chi connectivity index (χ4v) is 5.22. The molecule has 1 aromatic carbocycles. The number of aromatic nitrogens is 1. The van der Waals surface area contributed by atoms with E-state index >= 15 is 0 Å². The predicted molar refractivity (Wildman–Crippen MR) is 148 cm³/mol. The van der Waals surface area contributed by atoms with Crippen molar-refractivity contribution in [3.05, 3.63) is 58.3 Å². The zero-order valence-corrected chi connectivity index (χ0v) is 23.5. The van der Waals surface area contributed by atoms with Crippen LogP contribution in [0.1, 0.15) is 76.0 Å². The number of rotatable bonds is 14. The standard InChI is InChI=1S/C29H42BrN3O3/c1-3-4-13-28(34)32(19-9-20-36-2)23-29(35)33(26-10-6-5-7-11-26)22-27-12-8-18-31(27)21-24-14-16-25(30)17-15-24/h8,12,14-18,26H,3-7,9-11,13,19-23H2,1-2H3. The molecule has 0 bridgehead atoms. The Morgan fingerprint density at radius 3 is 2.50 bits per heavy atom. The molecule has 198 valence electrons. The Morgan fingerprint density at radius 1 is 1.06 bits per heavy atom. The summed E-state index contributed by atoms with van der Waals surface area (Å²) in [5.41, 5.74) is 2.34. The molecule has 2 amide bonds. The minimum atomic E-state index is 0.0561. The lowest BCUT2D eigenvalue weighted by Crippen LogP contribution is -2.47. The van der Waals surface area contributed by atoms with E-state index in [-0.39, 0.29) is 24.4 Å². The van der Waals surface area contributed by atoms with E-state index in [0.717, 1.165) is 61.7 Å². The Kier molecular flexibility index (Phi) is 12.0. The number of hydrogen-bond donors (Lipinski definition) is 0. The molecule has 1 fully saturated rings. The van der Waals surface area contributed by atoms with E-state index in [1.807, 2.05) is 0 Å². The van der Waals surface area contributed by atoms with Gasteiger partial charge in [-0.3, -0.25) is 9.59 Å². The van der Waals surface area contributed by atoms with Crippen molar-refractivity contribution in [1.29, 1.82) is 0 Å². The number of hydrogen-bond acceptors (Lipinski definition) is 3. The molecule has 1 aromatic heterocycles. The van der Waals surface area contributed by atoms with E-state index in [4.69, 9.17) is 4.74 Å². The van der Waals surface area contributed by atoms with E-state index in [9.17, 15) is 9.59 Å². The van der Waals surface area contributed by atoms with Crippen LogP contribution in [0.3, 0.4) is 0 Å². The number of ether oxygens (including phenoxy) is 1. The van der Waals surface area contributed by atoms with Gasteiger partial charge in [-0.2, -0.15) is 0 Å². The van der Waals surface area contributed by atoms with Gasteiger partial charge in [-0.05, 0) is 55.5 Å². The Labute approximate surface area is 225 Å². The smallest absolute Gasteiger partial charge is 0.242 e. The maximum atomic E-state index is 13.8. The molecule has 1 aliphatic carbocycles. The van der Waals surface area contributed by atoms with E-state index in [2.05, 4.69) is 74.9 Å². The van der Waals surface area contributed by atoms with E-state index < -0.39 is 0 Å². The summed E-state index contributed by atoms with van der Waals surface area (Å²) in [6, 6.07) is 12.8. The number of amides is 2. The van der Waals surface area contributed by atoms with Gasteiger partial charge in [0.15, 0.2) is 0 Å². The van der Waals surface area contributed by atoms with Gasteiger partial charge in [0.25, 0.3) is 0 Å². The molecule has 3 rings (SSSR count). The van der Waals surface area contributed by atoms with Crippen molar-refractivity contribution in [3.63, 3.8) is 0 Å². The number of unbranched alkanes of at least 4 members (excludes halogenated alkanes) is 1. The van der Waals surface area contributed by atoms with Gasteiger partial charge in [-0.1, -0.05) is 60.7 Å². The summed E-state index contributed by atoms with van der Waals surface area (Å²) in [7, 11) is 1.67. The second kappa shape index (κ2) is 15.2. The number of halogens is 1. The highest BCUT2D eigenvalue weighted by atomic mass is 79.9. The van der Waals surface area contributed by atoms with Crippen LogP contribution in [-0.2, 0) is 27.4 Å². The van der Waals surface area contributed by atoms with E-state index in [1.54, 1.807) is 12.0 Å². The van der Waals surface area contributed by atoms with Crippen LogP contribution in [0.5, 0.6) is 0 Å². The monoisotopic (exact) mass is 559 g/mol. The number of carbonyl (C=O) groups excluding carboxylic acids is 2. The van der Waals surface area contributed by atoms with Gasteiger partial charge < -0.3 is 19.1 Å². The van der Waals surface area contributed by atoms with Crippen LogP contribution in [0, 0.1) is 0 Å². The molecule has 2 aromatic rings. The fraction of sp³-hybridized carbons (Fsp3) is 0.586. The first kappa shape index (κ1) is 28.5. The molecule has 7 heteroatoms. The van der Waals surface area contributed by atoms with Crippen molar-refractivity contribution in [3.8, 4) is 0 Å². The van der Waals surface area contributed by atoms with Crippen LogP contribution in [0.2, 0.25) is 0 Å². The van der Waals surface area contributed by atoms with Gasteiger partial charge in [0, 0.05) is 55.6 Å². The predicted octanol–water partition coefficient (Wildman–Crippen LogP) is 6.02. The molecule has 0 spiro atoms.